The fourth-order valence-electron chi connectivity index (χ4n) is 3.12. The van der Waals surface area contributed by atoms with Crippen LogP contribution in [-0.4, -0.2) is 22.7 Å². The number of hydrogen-bond acceptors (Lipinski definition) is 6. The molecule has 0 saturated heterocycles. The Kier molecular flexibility index (Phi) is 5.96. The molecule has 0 spiro atoms. The molecule has 0 atom stereocenters. The number of carbonyl (C=O) groups excluding carboxylic acids is 1. The fraction of sp³-hybridized carbons (Fsp3) is 0. The first kappa shape index (κ1) is 21.9. The van der Waals surface area contributed by atoms with Crippen molar-refractivity contribution in [3.8, 4) is 0 Å². The van der Waals surface area contributed by atoms with Crippen LogP contribution in [0.15, 0.2) is 104 Å². The normalized spacial score (nSPS) is 12.2. The molecule has 4 aromatic rings. The quantitative estimate of drug-likeness (QED) is 0.414. The molecule has 0 aliphatic rings. The van der Waals surface area contributed by atoms with E-state index in [0.29, 0.717) is 0 Å². The topological polar surface area (TPSA) is 97.4 Å². The van der Waals surface area contributed by atoms with Gasteiger partial charge >= 0.3 is 0 Å². The van der Waals surface area contributed by atoms with E-state index < -0.39 is 25.8 Å². The Morgan fingerprint density at radius 1 is 0.812 bits per heavy atom. The molecule has 0 bridgehead atoms. The third-order valence-electron chi connectivity index (χ3n) is 4.65. The van der Waals surface area contributed by atoms with Crippen LogP contribution in [0.4, 0.5) is 0 Å². The van der Waals surface area contributed by atoms with Gasteiger partial charge in [-0.3, -0.25) is 4.79 Å². The highest BCUT2D eigenvalue weighted by atomic mass is 32.2. The van der Waals surface area contributed by atoms with Gasteiger partial charge in [-0.15, -0.1) is 11.3 Å². The van der Waals surface area contributed by atoms with Crippen molar-refractivity contribution >= 4 is 54.0 Å². The number of sulfonamides is 1. The molecule has 0 fully saturated rings. The number of sulfone groups is 1. The van der Waals surface area contributed by atoms with Crippen molar-refractivity contribution in [2.75, 3.05) is 0 Å². The largest absolute Gasteiger partial charge is 0.273 e. The molecule has 1 aromatic heterocycles. The van der Waals surface area contributed by atoms with E-state index in [2.05, 4.69) is 0 Å². The average Bonchev–Trinajstić information content (AvgIpc) is 3.33. The molecule has 32 heavy (non-hydrogen) atoms. The summed E-state index contributed by atoms with van der Waals surface area (Å²) in [5.41, 5.74) is 0.268. The zero-order valence-corrected chi connectivity index (χ0v) is 19.0. The van der Waals surface area contributed by atoms with Gasteiger partial charge in [0.25, 0.3) is 15.9 Å². The highest BCUT2D eigenvalue weighted by Gasteiger charge is 2.21. The summed E-state index contributed by atoms with van der Waals surface area (Å²) in [5.74, 6) is -0.878. The molecule has 162 valence electrons. The van der Waals surface area contributed by atoms with Crippen LogP contribution in [0.1, 0.15) is 5.56 Å². The SMILES string of the molecule is O=C(/C=C/c1ccccc1S(=O)(=O)c1ccc2ccccc2c1)NS(=O)(=O)c1cccs1. The third kappa shape index (κ3) is 4.50. The smallest absolute Gasteiger partial charge is 0.269 e. The van der Waals surface area contributed by atoms with E-state index >= 15 is 0 Å². The summed E-state index contributed by atoms with van der Waals surface area (Å²) in [5, 5.41) is 3.30. The van der Waals surface area contributed by atoms with Gasteiger partial charge in [-0.2, -0.15) is 0 Å². The molecule has 3 aromatic carbocycles. The second kappa shape index (κ2) is 8.70. The predicted molar refractivity (Wildman–Crippen MR) is 125 cm³/mol. The Bertz CT molecular complexity index is 1540. The standard InChI is InChI=1S/C23H17NO5S3/c25-22(24-32(28,29)23-10-5-15-30-23)14-12-18-7-3-4-9-21(18)31(26,27)20-13-11-17-6-1-2-8-19(17)16-20/h1-16H,(H,24,25)/b14-12+. The van der Waals surface area contributed by atoms with E-state index in [4.69, 9.17) is 0 Å². The maximum atomic E-state index is 13.3. The van der Waals surface area contributed by atoms with Gasteiger partial charge in [-0.05, 0) is 52.1 Å². The van der Waals surface area contributed by atoms with Crippen molar-refractivity contribution in [1.29, 1.82) is 0 Å². The highest BCUT2D eigenvalue weighted by Crippen LogP contribution is 2.27. The van der Waals surface area contributed by atoms with Crippen LogP contribution in [0.25, 0.3) is 16.8 Å². The lowest BCUT2D eigenvalue weighted by atomic mass is 10.1. The second-order valence-corrected chi connectivity index (χ2v) is 11.6. The fourth-order valence-corrected chi connectivity index (χ4v) is 6.55. The molecule has 0 saturated carbocycles. The van der Waals surface area contributed by atoms with Gasteiger partial charge in [0.15, 0.2) is 0 Å². The molecular formula is C23H17NO5S3. The van der Waals surface area contributed by atoms with Crippen molar-refractivity contribution in [2.24, 2.45) is 0 Å². The molecule has 4 rings (SSSR count). The Balaban J connectivity index is 1.64. The number of thiophene rings is 1. The first-order valence-corrected chi connectivity index (χ1v) is 13.2. The van der Waals surface area contributed by atoms with Crippen LogP contribution in [0.5, 0.6) is 0 Å². The monoisotopic (exact) mass is 483 g/mol. The number of benzene rings is 3. The van der Waals surface area contributed by atoms with Crippen LogP contribution >= 0.6 is 11.3 Å². The summed E-state index contributed by atoms with van der Waals surface area (Å²) >= 11 is 0.984. The number of rotatable bonds is 6. The van der Waals surface area contributed by atoms with Crippen LogP contribution < -0.4 is 4.72 Å². The number of amides is 1. The van der Waals surface area contributed by atoms with E-state index in [9.17, 15) is 21.6 Å². The lowest BCUT2D eigenvalue weighted by Crippen LogP contribution is -2.28. The molecule has 6 nitrogen and oxygen atoms in total. The molecule has 0 radical (unpaired) electrons. The van der Waals surface area contributed by atoms with Crippen LogP contribution in [-0.2, 0) is 24.7 Å². The van der Waals surface area contributed by atoms with Gasteiger partial charge in [0, 0.05) is 6.08 Å². The molecule has 0 unspecified atom stereocenters. The summed E-state index contributed by atoms with van der Waals surface area (Å²) in [4.78, 5) is 12.3. The minimum Gasteiger partial charge on any atom is -0.269 e. The van der Waals surface area contributed by atoms with Crippen molar-refractivity contribution < 1.29 is 21.6 Å². The maximum absolute atomic E-state index is 13.3. The summed E-state index contributed by atoms with van der Waals surface area (Å²) in [6.07, 6.45) is 2.28. The molecule has 0 aliphatic heterocycles. The summed E-state index contributed by atoms with van der Waals surface area (Å²) in [6.45, 7) is 0. The molecule has 1 N–H and O–H groups in total. The summed E-state index contributed by atoms with van der Waals surface area (Å²) in [6, 6.07) is 21.5. The Labute approximate surface area is 189 Å². The van der Waals surface area contributed by atoms with Gasteiger partial charge in [-0.25, -0.2) is 21.6 Å². The number of carbonyl (C=O) groups is 1. The zero-order valence-electron chi connectivity index (χ0n) is 16.5. The van der Waals surface area contributed by atoms with E-state index in [1.165, 1.54) is 18.2 Å². The van der Waals surface area contributed by atoms with Crippen molar-refractivity contribution in [3.05, 3.63) is 95.9 Å². The predicted octanol–water partition coefficient (Wildman–Crippen LogP) is 4.25. The Morgan fingerprint density at radius 2 is 1.53 bits per heavy atom. The van der Waals surface area contributed by atoms with Crippen LogP contribution in [0.3, 0.4) is 0 Å². The van der Waals surface area contributed by atoms with Crippen molar-refractivity contribution in [3.63, 3.8) is 0 Å². The average molecular weight is 484 g/mol. The number of nitrogens with one attached hydrogen (secondary N) is 1. The van der Waals surface area contributed by atoms with E-state index in [1.54, 1.807) is 47.8 Å². The van der Waals surface area contributed by atoms with Gasteiger partial charge in [0.2, 0.25) is 9.84 Å². The van der Waals surface area contributed by atoms with Crippen LogP contribution in [0, 0.1) is 0 Å². The Hall–Kier alpha value is -3.27. The number of hydrogen-bond donors (Lipinski definition) is 1. The molecule has 1 amide bonds. The second-order valence-electron chi connectivity index (χ2n) is 6.79. The van der Waals surface area contributed by atoms with Gasteiger partial charge in [0.1, 0.15) is 4.21 Å². The minimum absolute atomic E-state index is 0.0125. The van der Waals surface area contributed by atoms with Gasteiger partial charge in [-0.1, -0.05) is 54.6 Å². The first-order chi connectivity index (χ1) is 15.3. The lowest BCUT2D eigenvalue weighted by Gasteiger charge is -2.09. The first-order valence-electron chi connectivity index (χ1n) is 9.39. The van der Waals surface area contributed by atoms with Crippen LogP contribution in [0.2, 0.25) is 0 Å². The van der Waals surface area contributed by atoms with Crippen molar-refractivity contribution in [2.45, 2.75) is 14.0 Å². The van der Waals surface area contributed by atoms with E-state index in [0.717, 1.165) is 28.2 Å². The number of fused-ring (bicyclic) bond motifs is 1. The van der Waals surface area contributed by atoms with E-state index in [-0.39, 0.29) is 19.6 Å². The lowest BCUT2D eigenvalue weighted by molar-refractivity contribution is -0.114. The van der Waals surface area contributed by atoms with Crippen molar-refractivity contribution in [1.82, 2.24) is 4.72 Å². The van der Waals surface area contributed by atoms with Gasteiger partial charge in [0.05, 0.1) is 9.79 Å². The molecule has 9 heteroatoms. The minimum atomic E-state index is -3.97. The van der Waals surface area contributed by atoms with Gasteiger partial charge < -0.3 is 0 Å². The summed E-state index contributed by atoms with van der Waals surface area (Å²) in [7, 11) is -7.85. The maximum Gasteiger partial charge on any atom is 0.273 e. The highest BCUT2D eigenvalue weighted by molar-refractivity contribution is 7.92. The van der Waals surface area contributed by atoms with E-state index in [1.807, 2.05) is 29.0 Å². The zero-order chi connectivity index (χ0) is 22.8. The third-order valence-corrected chi connectivity index (χ3v) is 9.22. The summed E-state index contributed by atoms with van der Waals surface area (Å²) < 4.78 is 52.9. The molecular weight excluding hydrogens is 466 g/mol. The molecule has 0 aliphatic carbocycles. The molecule has 1 heterocycles. The Morgan fingerprint density at radius 3 is 2.28 bits per heavy atom.